The molecular weight excluding hydrogens is 242 g/mol. The van der Waals surface area contributed by atoms with Gasteiger partial charge in [0.2, 0.25) is 0 Å². The first kappa shape index (κ1) is 16.3. The van der Waals surface area contributed by atoms with Gasteiger partial charge in [-0.05, 0) is 52.4 Å². The second-order valence-corrected chi connectivity index (χ2v) is 6.42. The number of amides is 1. The highest BCUT2D eigenvalue weighted by atomic mass is 16.6. The lowest BCUT2D eigenvalue weighted by atomic mass is 9.86. The summed E-state index contributed by atoms with van der Waals surface area (Å²) >= 11 is 0. The van der Waals surface area contributed by atoms with Crippen LogP contribution < -0.4 is 0 Å². The molecule has 19 heavy (non-hydrogen) atoms. The van der Waals surface area contributed by atoms with E-state index < -0.39 is 5.60 Å². The van der Waals surface area contributed by atoms with Crippen molar-refractivity contribution in [3.05, 3.63) is 0 Å². The number of nitrogens with zero attached hydrogens (tertiary/aromatic N) is 1. The number of carbonyl (C=O) groups excluding carboxylic acids is 1. The Morgan fingerprint density at radius 3 is 2.63 bits per heavy atom. The van der Waals surface area contributed by atoms with Crippen LogP contribution in [0, 0.1) is 5.92 Å². The van der Waals surface area contributed by atoms with E-state index in [-0.39, 0.29) is 18.7 Å². The Labute approximate surface area is 117 Å². The molecule has 0 aliphatic carbocycles. The number of aliphatic hydroxyl groups is 1. The molecule has 112 valence electrons. The second kappa shape index (κ2) is 7.13. The number of aliphatic hydroxyl groups excluding tert-OH is 1. The van der Waals surface area contributed by atoms with Crippen LogP contribution in [0.25, 0.3) is 0 Å². The molecule has 2 unspecified atom stereocenters. The van der Waals surface area contributed by atoms with Gasteiger partial charge in [0.15, 0.2) is 0 Å². The van der Waals surface area contributed by atoms with E-state index >= 15 is 0 Å². The zero-order chi connectivity index (χ0) is 14.5. The van der Waals surface area contributed by atoms with Gasteiger partial charge in [-0.15, -0.1) is 0 Å². The van der Waals surface area contributed by atoms with Gasteiger partial charge in [0, 0.05) is 19.2 Å². The third-order valence-corrected chi connectivity index (χ3v) is 3.75. The van der Waals surface area contributed by atoms with E-state index in [2.05, 4.69) is 6.92 Å². The standard InChI is InChI=1S/C15H29NO3/c1-5-12(9-11-17)13-8-6-7-10-16(13)14(18)19-15(2,3)4/h12-13,17H,5-11H2,1-4H3. The van der Waals surface area contributed by atoms with Crippen molar-refractivity contribution in [1.82, 2.24) is 4.90 Å². The minimum Gasteiger partial charge on any atom is -0.444 e. The number of piperidine rings is 1. The van der Waals surface area contributed by atoms with E-state index in [0.29, 0.717) is 5.92 Å². The molecule has 0 bridgehead atoms. The van der Waals surface area contributed by atoms with Gasteiger partial charge in [0.25, 0.3) is 0 Å². The van der Waals surface area contributed by atoms with Gasteiger partial charge in [-0.3, -0.25) is 0 Å². The Bertz CT molecular complexity index is 286. The van der Waals surface area contributed by atoms with Crippen LogP contribution in [-0.4, -0.2) is 40.9 Å². The summed E-state index contributed by atoms with van der Waals surface area (Å²) < 4.78 is 5.50. The summed E-state index contributed by atoms with van der Waals surface area (Å²) in [5, 5.41) is 9.18. The third-order valence-electron chi connectivity index (χ3n) is 3.75. The lowest BCUT2D eigenvalue weighted by molar-refractivity contribution is -0.000903. The SMILES string of the molecule is CCC(CCO)C1CCCCN1C(=O)OC(C)(C)C. The van der Waals surface area contributed by atoms with Crippen molar-refractivity contribution < 1.29 is 14.6 Å². The zero-order valence-corrected chi connectivity index (χ0v) is 12.8. The third kappa shape index (κ3) is 5.01. The first-order valence-corrected chi connectivity index (χ1v) is 7.49. The molecule has 0 aromatic heterocycles. The van der Waals surface area contributed by atoms with Crippen molar-refractivity contribution >= 4 is 6.09 Å². The number of rotatable bonds is 4. The summed E-state index contributed by atoms with van der Waals surface area (Å²) in [6.07, 6.45) is 4.79. The van der Waals surface area contributed by atoms with Crippen molar-refractivity contribution in [3.63, 3.8) is 0 Å². The Hall–Kier alpha value is -0.770. The van der Waals surface area contributed by atoms with E-state index in [9.17, 15) is 9.90 Å². The van der Waals surface area contributed by atoms with Crippen molar-refractivity contribution in [2.24, 2.45) is 5.92 Å². The summed E-state index contributed by atoms with van der Waals surface area (Å²) in [6, 6.07) is 0.223. The average molecular weight is 271 g/mol. The highest BCUT2D eigenvalue weighted by Crippen LogP contribution is 2.28. The fraction of sp³-hybridized carbons (Fsp3) is 0.933. The number of carbonyl (C=O) groups is 1. The summed E-state index contributed by atoms with van der Waals surface area (Å²) in [5.41, 5.74) is -0.447. The summed E-state index contributed by atoms with van der Waals surface area (Å²) in [4.78, 5) is 14.2. The normalized spacial score (nSPS) is 22.2. The maximum absolute atomic E-state index is 12.3. The molecule has 1 aliphatic heterocycles. The van der Waals surface area contributed by atoms with Gasteiger partial charge in [-0.1, -0.05) is 13.3 Å². The highest BCUT2D eigenvalue weighted by molar-refractivity contribution is 5.68. The lowest BCUT2D eigenvalue weighted by Crippen LogP contribution is -2.49. The molecule has 1 heterocycles. The summed E-state index contributed by atoms with van der Waals surface area (Å²) in [5.74, 6) is 0.373. The predicted molar refractivity (Wildman–Crippen MR) is 76.1 cm³/mol. The molecule has 4 heteroatoms. The molecule has 4 nitrogen and oxygen atoms in total. The van der Waals surface area contributed by atoms with E-state index in [0.717, 1.165) is 38.6 Å². The van der Waals surface area contributed by atoms with Crippen LogP contribution in [0.15, 0.2) is 0 Å². The van der Waals surface area contributed by atoms with Crippen LogP contribution in [0.4, 0.5) is 4.79 Å². The van der Waals surface area contributed by atoms with Gasteiger partial charge in [-0.25, -0.2) is 4.79 Å². The Morgan fingerprint density at radius 2 is 2.11 bits per heavy atom. The fourth-order valence-corrected chi connectivity index (χ4v) is 2.83. The molecule has 2 atom stereocenters. The molecule has 0 radical (unpaired) electrons. The maximum Gasteiger partial charge on any atom is 0.410 e. The molecule has 1 saturated heterocycles. The van der Waals surface area contributed by atoms with E-state index in [1.165, 1.54) is 0 Å². The van der Waals surface area contributed by atoms with E-state index in [4.69, 9.17) is 4.74 Å². The predicted octanol–water partition coefficient (Wildman–Crippen LogP) is 3.18. The van der Waals surface area contributed by atoms with Crippen LogP contribution in [0.1, 0.15) is 59.8 Å². The molecule has 0 saturated carbocycles. The van der Waals surface area contributed by atoms with Crippen molar-refractivity contribution in [2.45, 2.75) is 71.4 Å². The van der Waals surface area contributed by atoms with Crippen LogP contribution in [-0.2, 0) is 4.74 Å². The molecule has 0 spiro atoms. The van der Waals surface area contributed by atoms with E-state index in [1.54, 1.807) is 0 Å². The molecular formula is C15H29NO3. The quantitative estimate of drug-likeness (QED) is 0.854. The molecule has 1 N–H and O–H groups in total. The molecule has 0 aromatic rings. The van der Waals surface area contributed by atoms with Crippen LogP contribution in [0.5, 0.6) is 0 Å². The molecule has 1 fully saturated rings. The Balaban J connectivity index is 2.73. The first-order chi connectivity index (χ1) is 8.89. The first-order valence-electron chi connectivity index (χ1n) is 7.49. The largest absolute Gasteiger partial charge is 0.444 e. The molecule has 1 rings (SSSR count). The molecule has 0 aromatic carbocycles. The molecule has 1 amide bonds. The van der Waals surface area contributed by atoms with Gasteiger partial charge in [0.1, 0.15) is 5.60 Å². The second-order valence-electron chi connectivity index (χ2n) is 6.42. The number of hydrogen-bond acceptors (Lipinski definition) is 3. The van der Waals surface area contributed by atoms with Gasteiger partial charge in [-0.2, -0.15) is 0 Å². The summed E-state index contributed by atoms with van der Waals surface area (Å²) in [6.45, 7) is 8.79. The smallest absolute Gasteiger partial charge is 0.410 e. The average Bonchev–Trinajstić information content (AvgIpc) is 2.34. The lowest BCUT2D eigenvalue weighted by Gasteiger charge is -2.40. The maximum atomic E-state index is 12.3. The van der Waals surface area contributed by atoms with Gasteiger partial charge in [0.05, 0.1) is 0 Å². The van der Waals surface area contributed by atoms with Crippen LogP contribution >= 0.6 is 0 Å². The number of ether oxygens (including phenoxy) is 1. The van der Waals surface area contributed by atoms with Crippen molar-refractivity contribution in [1.29, 1.82) is 0 Å². The van der Waals surface area contributed by atoms with Crippen molar-refractivity contribution in [2.75, 3.05) is 13.2 Å². The fourth-order valence-electron chi connectivity index (χ4n) is 2.83. The van der Waals surface area contributed by atoms with Gasteiger partial charge < -0.3 is 14.7 Å². The zero-order valence-electron chi connectivity index (χ0n) is 12.8. The highest BCUT2D eigenvalue weighted by Gasteiger charge is 2.34. The summed E-state index contributed by atoms with van der Waals surface area (Å²) in [7, 11) is 0. The minimum atomic E-state index is -0.447. The monoisotopic (exact) mass is 271 g/mol. The minimum absolute atomic E-state index is 0.192. The topological polar surface area (TPSA) is 49.8 Å². The Kier molecular flexibility index (Phi) is 6.11. The number of likely N-dealkylation sites (tertiary alicyclic amines) is 1. The van der Waals surface area contributed by atoms with E-state index in [1.807, 2.05) is 25.7 Å². The number of hydrogen-bond donors (Lipinski definition) is 1. The van der Waals surface area contributed by atoms with Crippen LogP contribution in [0.2, 0.25) is 0 Å². The molecule has 1 aliphatic rings. The van der Waals surface area contributed by atoms with Gasteiger partial charge >= 0.3 is 6.09 Å². The van der Waals surface area contributed by atoms with Crippen LogP contribution in [0.3, 0.4) is 0 Å². The van der Waals surface area contributed by atoms with Crippen molar-refractivity contribution in [3.8, 4) is 0 Å². The Morgan fingerprint density at radius 1 is 1.42 bits per heavy atom.